The molecule has 6 nitrogen and oxygen atoms in total. The van der Waals surface area contributed by atoms with E-state index in [0.717, 1.165) is 28.6 Å². The first-order valence-corrected chi connectivity index (χ1v) is 9.73. The number of benzene rings is 1. The molecule has 28 heavy (non-hydrogen) atoms. The van der Waals surface area contributed by atoms with Gasteiger partial charge in [-0.05, 0) is 42.7 Å². The summed E-state index contributed by atoms with van der Waals surface area (Å²) in [5.74, 6) is 0.286. The molecule has 0 aliphatic rings. The highest BCUT2D eigenvalue weighted by Gasteiger charge is 2.32. The number of pyridine rings is 1. The maximum Gasteiger partial charge on any atom is 0.227 e. The van der Waals surface area contributed by atoms with E-state index in [-0.39, 0.29) is 6.42 Å². The van der Waals surface area contributed by atoms with Gasteiger partial charge in [0.15, 0.2) is 5.62 Å². The van der Waals surface area contributed by atoms with E-state index in [2.05, 4.69) is 10.3 Å². The van der Waals surface area contributed by atoms with E-state index in [1.807, 2.05) is 24.3 Å². The van der Waals surface area contributed by atoms with Crippen LogP contribution in [-0.2, 0) is 22.4 Å². The topological polar surface area (TPSA) is 88.5 Å². The van der Waals surface area contributed by atoms with E-state index in [1.54, 1.807) is 25.3 Å². The molecule has 0 fully saturated rings. The fraction of sp³-hybridized carbons (Fsp3) is 0.350. The summed E-state index contributed by atoms with van der Waals surface area (Å²) >= 11 is 0.756. The molecule has 2 atom stereocenters. The largest absolute Gasteiger partial charge is 0.493 e. The zero-order chi connectivity index (χ0) is 20.6. The monoisotopic (exact) mass is 398 g/mol. The van der Waals surface area contributed by atoms with Crippen LogP contribution in [0.15, 0.2) is 42.6 Å². The summed E-state index contributed by atoms with van der Waals surface area (Å²) in [5, 5.41) is 12.0. The van der Waals surface area contributed by atoms with Crippen molar-refractivity contribution in [2.75, 3.05) is 13.7 Å². The van der Waals surface area contributed by atoms with Crippen molar-refractivity contribution < 1.29 is 19.4 Å². The van der Waals surface area contributed by atoms with Gasteiger partial charge in [0.25, 0.3) is 0 Å². The van der Waals surface area contributed by atoms with E-state index in [9.17, 15) is 14.7 Å². The summed E-state index contributed by atoms with van der Waals surface area (Å²) in [7, 11) is 7.56. The predicted molar refractivity (Wildman–Crippen MR) is 111 cm³/mol. The van der Waals surface area contributed by atoms with Gasteiger partial charge in [-0.1, -0.05) is 30.0 Å². The first-order chi connectivity index (χ1) is 13.4. The van der Waals surface area contributed by atoms with Crippen LogP contribution in [-0.4, -0.2) is 47.8 Å². The van der Waals surface area contributed by atoms with E-state index in [0.29, 0.717) is 24.4 Å². The highest BCUT2D eigenvalue weighted by Crippen LogP contribution is 2.26. The van der Waals surface area contributed by atoms with Gasteiger partial charge in [-0.2, -0.15) is 0 Å². The number of carbonyl (C=O) groups is 2. The number of carbonyl (C=O) groups excluding carboxylic acids is 2. The van der Waals surface area contributed by atoms with Crippen molar-refractivity contribution in [1.29, 1.82) is 0 Å². The summed E-state index contributed by atoms with van der Waals surface area (Å²) in [5.41, 5.74) is 3.06. The van der Waals surface area contributed by atoms with Crippen LogP contribution in [0.4, 0.5) is 0 Å². The number of hydrogen-bond donors (Lipinski definition) is 2. The normalized spacial score (nSPS) is 14.0. The minimum atomic E-state index is -1.34. The fourth-order valence-corrected chi connectivity index (χ4v) is 3.21. The van der Waals surface area contributed by atoms with Crippen LogP contribution in [0.2, 0.25) is 0 Å². The number of thioether (sulfide) groups is 1. The zero-order valence-electron chi connectivity index (χ0n) is 15.9. The first-order valence-electron chi connectivity index (χ1n) is 8.85. The van der Waals surface area contributed by atoms with E-state index in [4.69, 9.17) is 12.6 Å². The summed E-state index contributed by atoms with van der Waals surface area (Å²) in [6, 6.07) is 11.0. The molecule has 2 unspecified atom stereocenters. The van der Waals surface area contributed by atoms with Gasteiger partial charge in [0.2, 0.25) is 5.91 Å². The van der Waals surface area contributed by atoms with Gasteiger partial charge < -0.3 is 15.2 Å². The fourth-order valence-electron chi connectivity index (χ4n) is 2.58. The Hall–Kier alpha value is -2.32. The maximum absolute atomic E-state index is 12.0. The highest BCUT2D eigenvalue weighted by molar-refractivity contribution is 8.14. The molecule has 1 aromatic carbocycles. The Morgan fingerprint density at radius 1 is 1.36 bits per heavy atom. The molecule has 0 saturated carbocycles. The van der Waals surface area contributed by atoms with Crippen LogP contribution in [0.25, 0.3) is 0 Å². The number of aliphatic hydroxyl groups excluding tert-OH is 1. The second-order valence-corrected chi connectivity index (χ2v) is 7.52. The van der Waals surface area contributed by atoms with Crippen LogP contribution in [0, 0.1) is 0 Å². The molecule has 146 valence electrons. The Morgan fingerprint density at radius 3 is 2.61 bits per heavy atom. The summed E-state index contributed by atoms with van der Waals surface area (Å²) in [6.07, 6.45) is 1.99. The smallest absolute Gasteiger partial charge is 0.227 e. The Kier molecular flexibility index (Phi) is 8.08. The van der Waals surface area contributed by atoms with Crippen LogP contribution in [0.3, 0.4) is 0 Å². The number of ether oxygens (including phenoxy) is 1. The number of nitrogens with zero attached hydrogens (tertiary/aromatic N) is 1. The van der Waals surface area contributed by atoms with E-state index in [1.165, 1.54) is 7.05 Å². The number of aromatic nitrogens is 1. The second-order valence-electron chi connectivity index (χ2n) is 6.36. The average molecular weight is 398 g/mol. The molecule has 1 aromatic heterocycles. The molecule has 0 aliphatic carbocycles. The van der Waals surface area contributed by atoms with Gasteiger partial charge in [-0.25, -0.2) is 0 Å². The van der Waals surface area contributed by atoms with Gasteiger partial charge in [0, 0.05) is 25.4 Å². The molecule has 1 amide bonds. The number of aliphatic hydroxyl groups is 1. The first kappa shape index (κ1) is 22.0. The maximum atomic E-state index is 12.0. The van der Waals surface area contributed by atoms with Crippen molar-refractivity contribution in [2.45, 2.75) is 30.5 Å². The van der Waals surface area contributed by atoms with Gasteiger partial charge >= 0.3 is 0 Å². The van der Waals surface area contributed by atoms with Crippen LogP contribution in [0.1, 0.15) is 29.8 Å². The van der Waals surface area contributed by atoms with Crippen LogP contribution >= 0.6 is 11.8 Å². The Bertz CT molecular complexity index is 784. The molecule has 0 saturated heterocycles. The molecule has 2 radical (unpaired) electrons. The third-order valence-electron chi connectivity index (χ3n) is 4.22. The van der Waals surface area contributed by atoms with Gasteiger partial charge in [-0.3, -0.25) is 14.6 Å². The van der Waals surface area contributed by atoms with Gasteiger partial charge in [-0.15, -0.1) is 0 Å². The standard InChI is InChI=1S/C20H23BN2O4S/c1-14(25)16-5-6-17(23-12-16)9-10-27-18-7-3-15(4-8-18)11-20(21,28-13-24)19(26)22-2/h3-8,12-14,25H,9-11H2,1-2H3,(H,22,26). The molecule has 0 bridgehead atoms. The summed E-state index contributed by atoms with van der Waals surface area (Å²) in [6.45, 7) is 2.16. The lowest BCUT2D eigenvalue weighted by atomic mass is 9.80. The van der Waals surface area contributed by atoms with E-state index < -0.39 is 16.7 Å². The molecule has 1 heterocycles. The van der Waals surface area contributed by atoms with Crippen molar-refractivity contribution in [3.8, 4) is 5.75 Å². The Labute approximate surface area is 170 Å². The number of nitrogens with one attached hydrogen (secondary N) is 1. The van der Waals surface area contributed by atoms with Crippen molar-refractivity contribution in [1.82, 2.24) is 10.3 Å². The van der Waals surface area contributed by atoms with Crippen LogP contribution in [0.5, 0.6) is 5.75 Å². The summed E-state index contributed by atoms with van der Waals surface area (Å²) in [4.78, 5) is 27.1. The zero-order valence-corrected chi connectivity index (χ0v) is 16.7. The van der Waals surface area contributed by atoms with E-state index >= 15 is 0 Å². The molecular formula is C20H23BN2O4S. The quantitative estimate of drug-likeness (QED) is 0.469. The third kappa shape index (κ3) is 6.10. The molecule has 0 aliphatic heterocycles. The predicted octanol–water partition coefficient (Wildman–Crippen LogP) is 1.83. The molecule has 2 N–H and O–H groups in total. The molecule has 2 rings (SSSR count). The van der Waals surface area contributed by atoms with Gasteiger partial charge in [0.1, 0.15) is 13.6 Å². The second kappa shape index (κ2) is 10.3. The number of rotatable bonds is 10. The average Bonchev–Trinajstić information content (AvgIpc) is 2.69. The SMILES string of the molecule is [B]C(Cc1ccc(OCCc2ccc(C(C)O)cn2)cc1)(SC=O)C(=O)NC. The molecular weight excluding hydrogens is 375 g/mol. The van der Waals surface area contributed by atoms with Crippen LogP contribution < -0.4 is 10.1 Å². The van der Waals surface area contributed by atoms with Gasteiger partial charge in [0.05, 0.1) is 17.4 Å². The summed E-state index contributed by atoms with van der Waals surface area (Å²) < 4.78 is 4.38. The lowest BCUT2D eigenvalue weighted by Crippen LogP contribution is -2.45. The molecule has 2 aromatic rings. The minimum Gasteiger partial charge on any atom is -0.493 e. The van der Waals surface area contributed by atoms with Crippen molar-refractivity contribution in [2.24, 2.45) is 0 Å². The Balaban J connectivity index is 1.89. The molecule has 0 spiro atoms. The van der Waals surface area contributed by atoms with Crippen molar-refractivity contribution in [3.63, 3.8) is 0 Å². The third-order valence-corrected chi connectivity index (χ3v) is 5.06. The lowest BCUT2D eigenvalue weighted by molar-refractivity contribution is -0.121. The Morgan fingerprint density at radius 2 is 2.07 bits per heavy atom. The lowest BCUT2D eigenvalue weighted by Gasteiger charge is -2.25. The van der Waals surface area contributed by atoms with Crippen molar-refractivity contribution >= 4 is 31.1 Å². The van der Waals surface area contributed by atoms with Crippen molar-refractivity contribution in [3.05, 3.63) is 59.4 Å². The number of hydrogen-bond acceptors (Lipinski definition) is 6. The highest BCUT2D eigenvalue weighted by atomic mass is 32.2. The molecule has 8 heteroatoms. The minimum absolute atomic E-state index is 0.218. The number of amides is 1.